The Morgan fingerprint density at radius 1 is 1.25 bits per heavy atom. The molecule has 1 aromatic heterocycles. The maximum Gasteiger partial charge on any atom is 0.146 e. The van der Waals surface area contributed by atoms with Gasteiger partial charge < -0.3 is 10.5 Å². The van der Waals surface area contributed by atoms with Crippen molar-refractivity contribution in [2.75, 3.05) is 12.8 Å². The molecule has 2 aromatic rings. The van der Waals surface area contributed by atoms with Crippen molar-refractivity contribution in [3.05, 3.63) is 35.0 Å². The molecule has 0 saturated heterocycles. The second-order valence-corrected chi connectivity index (χ2v) is 6.37. The minimum atomic E-state index is 0.106. The number of hydrogen-bond acceptors (Lipinski definition) is 3. The fourth-order valence-corrected chi connectivity index (χ4v) is 2.18. The summed E-state index contributed by atoms with van der Waals surface area (Å²) < 4.78 is 6.81. The SMILES string of the molecule is COc1ccc(-n2nc(CC(C)(C)C)c(Cl)c2N)cc1. The highest BCUT2D eigenvalue weighted by Gasteiger charge is 2.20. The highest BCUT2D eigenvalue weighted by Crippen LogP contribution is 2.31. The maximum atomic E-state index is 6.30. The van der Waals surface area contributed by atoms with Crippen LogP contribution in [0.4, 0.5) is 5.82 Å². The quantitative estimate of drug-likeness (QED) is 0.938. The summed E-state index contributed by atoms with van der Waals surface area (Å²) >= 11 is 6.30. The van der Waals surface area contributed by atoms with Crippen LogP contribution in [0, 0.1) is 5.41 Å². The van der Waals surface area contributed by atoms with Gasteiger partial charge in [-0.2, -0.15) is 5.10 Å². The van der Waals surface area contributed by atoms with Gasteiger partial charge in [0, 0.05) is 0 Å². The Kier molecular flexibility index (Phi) is 3.95. The first-order valence-electron chi connectivity index (χ1n) is 6.49. The van der Waals surface area contributed by atoms with Crippen LogP contribution in [0.3, 0.4) is 0 Å². The van der Waals surface area contributed by atoms with Gasteiger partial charge in [0.25, 0.3) is 0 Å². The summed E-state index contributed by atoms with van der Waals surface area (Å²) in [6, 6.07) is 7.54. The van der Waals surface area contributed by atoms with E-state index >= 15 is 0 Å². The topological polar surface area (TPSA) is 53.1 Å². The molecule has 2 N–H and O–H groups in total. The van der Waals surface area contributed by atoms with Crippen LogP contribution >= 0.6 is 11.6 Å². The highest BCUT2D eigenvalue weighted by molar-refractivity contribution is 6.33. The normalized spacial score (nSPS) is 11.7. The fraction of sp³-hybridized carbons (Fsp3) is 0.400. The van der Waals surface area contributed by atoms with E-state index in [2.05, 4.69) is 25.9 Å². The lowest BCUT2D eigenvalue weighted by Gasteiger charge is -2.16. The van der Waals surface area contributed by atoms with Crippen LogP contribution in [0.2, 0.25) is 5.02 Å². The Balaban J connectivity index is 2.39. The van der Waals surface area contributed by atoms with E-state index in [1.54, 1.807) is 11.8 Å². The van der Waals surface area contributed by atoms with Crippen molar-refractivity contribution in [2.45, 2.75) is 27.2 Å². The molecule has 0 saturated carbocycles. The van der Waals surface area contributed by atoms with Crippen molar-refractivity contribution in [2.24, 2.45) is 5.41 Å². The van der Waals surface area contributed by atoms with E-state index in [-0.39, 0.29) is 5.41 Å². The first-order chi connectivity index (χ1) is 9.31. The predicted octanol–water partition coefficient (Wildman–Crippen LogP) is 3.71. The molecule has 0 unspecified atom stereocenters. The minimum absolute atomic E-state index is 0.106. The molecule has 1 aromatic carbocycles. The van der Waals surface area contributed by atoms with E-state index in [4.69, 9.17) is 22.1 Å². The number of anilines is 1. The molecule has 0 aliphatic rings. The van der Waals surface area contributed by atoms with Gasteiger partial charge in [-0.05, 0) is 36.1 Å². The van der Waals surface area contributed by atoms with Crippen LogP contribution in [0.5, 0.6) is 5.75 Å². The molecule has 108 valence electrons. The summed E-state index contributed by atoms with van der Waals surface area (Å²) in [4.78, 5) is 0. The Bertz CT molecular complexity index is 597. The molecule has 0 atom stereocenters. The largest absolute Gasteiger partial charge is 0.497 e. The molecule has 0 fully saturated rings. The number of nitrogens with zero attached hydrogens (tertiary/aromatic N) is 2. The van der Waals surface area contributed by atoms with Gasteiger partial charge in [-0.15, -0.1) is 0 Å². The molecule has 2 rings (SSSR count). The van der Waals surface area contributed by atoms with E-state index in [9.17, 15) is 0 Å². The minimum Gasteiger partial charge on any atom is -0.497 e. The van der Waals surface area contributed by atoms with Crippen LogP contribution in [-0.2, 0) is 6.42 Å². The van der Waals surface area contributed by atoms with Crippen LogP contribution in [0.1, 0.15) is 26.5 Å². The van der Waals surface area contributed by atoms with Gasteiger partial charge in [-0.3, -0.25) is 0 Å². The van der Waals surface area contributed by atoms with Gasteiger partial charge in [0.05, 0.1) is 18.5 Å². The standard InChI is InChI=1S/C15H20ClN3O/c1-15(2,3)9-12-13(16)14(17)19(18-12)10-5-7-11(20-4)8-6-10/h5-8H,9,17H2,1-4H3. The van der Waals surface area contributed by atoms with E-state index in [0.717, 1.165) is 23.6 Å². The molecule has 0 bridgehead atoms. The lowest BCUT2D eigenvalue weighted by Crippen LogP contribution is -2.10. The second kappa shape index (κ2) is 5.37. The smallest absolute Gasteiger partial charge is 0.146 e. The summed E-state index contributed by atoms with van der Waals surface area (Å²) in [6.07, 6.45) is 0.777. The number of nitrogens with two attached hydrogens (primary N) is 1. The van der Waals surface area contributed by atoms with Gasteiger partial charge in [0.15, 0.2) is 0 Å². The van der Waals surface area contributed by atoms with Crippen LogP contribution in [0.15, 0.2) is 24.3 Å². The first-order valence-corrected chi connectivity index (χ1v) is 6.87. The molecule has 0 spiro atoms. The van der Waals surface area contributed by atoms with Gasteiger partial charge >= 0.3 is 0 Å². The number of methoxy groups -OCH3 is 1. The Hall–Kier alpha value is -1.68. The molecule has 20 heavy (non-hydrogen) atoms. The van der Waals surface area contributed by atoms with Gasteiger partial charge in [-0.1, -0.05) is 32.4 Å². The number of rotatable bonds is 3. The maximum absolute atomic E-state index is 6.30. The summed E-state index contributed by atoms with van der Waals surface area (Å²) in [5.41, 5.74) is 7.86. The van der Waals surface area contributed by atoms with E-state index < -0.39 is 0 Å². The third kappa shape index (κ3) is 3.07. The molecule has 5 heteroatoms. The number of ether oxygens (including phenoxy) is 1. The van der Waals surface area contributed by atoms with Crippen molar-refractivity contribution >= 4 is 17.4 Å². The second-order valence-electron chi connectivity index (χ2n) is 5.99. The number of benzene rings is 1. The van der Waals surface area contributed by atoms with E-state index in [1.165, 1.54) is 0 Å². The van der Waals surface area contributed by atoms with Gasteiger partial charge in [-0.25, -0.2) is 4.68 Å². The van der Waals surface area contributed by atoms with Crippen LogP contribution in [-0.4, -0.2) is 16.9 Å². The molecule has 1 heterocycles. The molecular formula is C15H20ClN3O. The average molecular weight is 294 g/mol. The Morgan fingerprint density at radius 2 is 1.85 bits per heavy atom. The zero-order valence-corrected chi connectivity index (χ0v) is 13.0. The van der Waals surface area contributed by atoms with Gasteiger partial charge in [0.2, 0.25) is 0 Å². The predicted molar refractivity (Wildman–Crippen MR) is 82.7 cm³/mol. The Morgan fingerprint density at radius 3 is 2.35 bits per heavy atom. The van der Waals surface area contributed by atoms with E-state index in [1.807, 2.05) is 24.3 Å². The molecule has 0 radical (unpaired) electrons. The van der Waals surface area contributed by atoms with Crippen molar-refractivity contribution in [1.29, 1.82) is 0 Å². The van der Waals surface area contributed by atoms with Crippen molar-refractivity contribution < 1.29 is 4.74 Å². The molecule has 4 nitrogen and oxygen atoms in total. The number of hydrogen-bond donors (Lipinski definition) is 1. The van der Waals surface area contributed by atoms with Crippen molar-refractivity contribution in [3.8, 4) is 11.4 Å². The summed E-state index contributed by atoms with van der Waals surface area (Å²) in [7, 11) is 1.63. The summed E-state index contributed by atoms with van der Waals surface area (Å²) in [5.74, 6) is 1.26. The molecular weight excluding hydrogens is 274 g/mol. The highest BCUT2D eigenvalue weighted by atomic mass is 35.5. The van der Waals surface area contributed by atoms with Crippen molar-refractivity contribution in [1.82, 2.24) is 9.78 Å². The monoisotopic (exact) mass is 293 g/mol. The number of aromatic nitrogens is 2. The fourth-order valence-electron chi connectivity index (χ4n) is 1.99. The molecule has 0 amide bonds. The number of halogens is 1. The zero-order chi connectivity index (χ0) is 14.9. The molecule has 0 aliphatic carbocycles. The summed E-state index contributed by atoms with van der Waals surface area (Å²) in [6.45, 7) is 6.43. The number of nitrogen functional groups attached to an aromatic ring is 1. The summed E-state index contributed by atoms with van der Waals surface area (Å²) in [5, 5.41) is 5.08. The third-order valence-electron chi connectivity index (χ3n) is 2.94. The van der Waals surface area contributed by atoms with Crippen LogP contribution < -0.4 is 10.5 Å². The average Bonchev–Trinajstić information content (AvgIpc) is 2.65. The Labute approximate surface area is 124 Å². The lowest BCUT2D eigenvalue weighted by atomic mass is 9.91. The lowest BCUT2D eigenvalue weighted by molar-refractivity contribution is 0.405. The molecule has 0 aliphatic heterocycles. The van der Waals surface area contributed by atoms with Crippen molar-refractivity contribution in [3.63, 3.8) is 0 Å². The zero-order valence-electron chi connectivity index (χ0n) is 12.3. The van der Waals surface area contributed by atoms with E-state index in [0.29, 0.717) is 10.8 Å². The first kappa shape index (κ1) is 14.7. The van der Waals surface area contributed by atoms with Crippen LogP contribution in [0.25, 0.3) is 5.69 Å². The third-order valence-corrected chi connectivity index (χ3v) is 3.35. The van der Waals surface area contributed by atoms with Gasteiger partial charge in [0.1, 0.15) is 16.6 Å².